The van der Waals surface area contributed by atoms with Gasteiger partial charge in [-0.1, -0.05) is 42.5 Å². The Hall–Kier alpha value is -3.61. The first kappa shape index (κ1) is 22.6. The number of nitrogens with zero attached hydrogens (tertiary/aromatic N) is 3. The van der Waals surface area contributed by atoms with Crippen LogP contribution in [0, 0.1) is 12.7 Å². The summed E-state index contributed by atoms with van der Waals surface area (Å²) in [6, 6.07) is 18.1. The minimum absolute atomic E-state index is 0.00189. The number of carbonyl (C=O) groups excluding carboxylic acids is 2. The number of carbonyl (C=O) groups is 2. The predicted octanol–water partition coefficient (Wildman–Crippen LogP) is 4.11. The molecule has 4 rings (SSSR count). The highest BCUT2D eigenvalue weighted by atomic mass is 19.1. The highest BCUT2D eigenvalue weighted by Gasteiger charge is 2.25. The summed E-state index contributed by atoms with van der Waals surface area (Å²) in [4.78, 5) is 31.5. The first-order chi connectivity index (χ1) is 16.0. The highest BCUT2D eigenvalue weighted by molar-refractivity contribution is 5.95. The molecule has 7 heteroatoms. The zero-order valence-corrected chi connectivity index (χ0v) is 18.7. The number of rotatable bonds is 7. The van der Waals surface area contributed by atoms with Crippen molar-refractivity contribution in [2.45, 2.75) is 19.9 Å². The molecule has 33 heavy (non-hydrogen) atoms. The molecule has 0 spiro atoms. The Morgan fingerprint density at radius 2 is 1.67 bits per heavy atom. The van der Waals surface area contributed by atoms with E-state index in [2.05, 4.69) is 0 Å². The molecule has 1 aromatic heterocycles. The van der Waals surface area contributed by atoms with Crippen molar-refractivity contribution in [3.63, 3.8) is 0 Å². The number of amides is 2. The van der Waals surface area contributed by atoms with Crippen molar-refractivity contribution in [2.75, 3.05) is 37.6 Å². The van der Waals surface area contributed by atoms with Gasteiger partial charge in [-0.25, -0.2) is 4.39 Å². The van der Waals surface area contributed by atoms with Gasteiger partial charge in [-0.05, 0) is 30.7 Å². The summed E-state index contributed by atoms with van der Waals surface area (Å²) >= 11 is 0. The molecular weight excluding hydrogens is 421 g/mol. The molecule has 1 aliphatic heterocycles. The summed E-state index contributed by atoms with van der Waals surface area (Å²) in [5.74, 6) is 0.163. The molecule has 3 aromatic rings. The molecule has 0 radical (unpaired) electrons. The van der Waals surface area contributed by atoms with Crippen LogP contribution in [-0.4, -0.2) is 54.3 Å². The number of anilines is 1. The summed E-state index contributed by atoms with van der Waals surface area (Å²) in [6.45, 7) is 4.69. The SMILES string of the molecule is Cc1occc1C(=O)N(CCC(=O)N1CCN(c2ccccc2F)CC1)Cc1ccccc1. The molecular formula is C26H28FN3O3. The summed E-state index contributed by atoms with van der Waals surface area (Å²) in [5.41, 5.74) is 2.08. The summed E-state index contributed by atoms with van der Waals surface area (Å²) in [5, 5.41) is 0. The lowest BCUT2D eigenvalue weighted by atomic mass is 10.1. The average molecular weight is 450 g/mol. The second-order valence-electron chi connectivity index (χ2n) is 8.17. The molecule has 0 atom stereocenters. The van der Waals surface area contributed by atoms with Crippen LogP contribution in [0.4, 0.5) is 10.1 Å². The maximum atomic E-state index is 14.1. The number of furan rings is 1. The van der Waals surface area contributed by atoms with E-state index in [0.29, 0.717) is 56.3 Å². The van der Waals surface area contributed by atoms with Gasteiger partial charge in [-0.2, -0.15) is 0 Å². The molecule has 0 unspecified atom stereocenters. The number of hydrogen-bond acceptors (Lipinski definition) is 4. The Labute approximate surface area is 193 Å². The van der Waals surface area contributed by atoms with Gasteiger partial charge in [-0.15, -0.1) is 0 Å². The summed E-state index contributed by atoms with van der Waals surface area (Å²) in [6.07, 6.45) is 1.73. The van der Waals surface area contributed by atoms with Crippen molar-refractivity contribution >= 4 is 17.5 Å². The van der Waals surface area contributed by atoms with Gasteiger partial charge in [0.1, 0.15) is 11.6 Å². The Morgan fingerprint density at radius 3 is 2.33 bits per heavy atom. The maximum absolute atomic E-state index is 14.1. The molecule has 0 bridgehead atoms. The smallest absolute Gasteiger partial charge is 0.257 e. The van der Waals surface area contributed by atoms with E-state index in [-0.39, 0.29) is 24.1 Å². The third-order valence-electron chi connectivity index (χ3n) is 6.01. The zero-order valence-electron chi connectivity index (χ0n) is 18.7. The lowest BCUT2D eigenvalue weighted by Crippen LogP contribution is -2.49. The molecule has 2 amide bonds. The van der Waals surface area contributed by atoms with Gasteiger partial charge >= 0.3 is 0 Å². The van der Waals surface area contributed by atoms with Gasteiger partial charge in [0.05, 0.1) is 17.5 Å². The molecule has 2 heterocycles. The maximum Gasteiger partial charge on any atom is 0.257 e. The zero-order chi connectivity index (χ0) is 23.2. The first-order valence-corrected chi connectivity index (χ1v) is 11.2. The van der Waals surface area contributed by atoms with E-state index in [9.17, 15) is 14.0 Å². The van der Waals surface area contributed by atoms with Gasteiger partial charge in [0.25, 0.3) is 5.91 Å². The van der Waals surface area contributed by atoms with E-state index in [4.69, 9.17) is 4.42 Å². The molecule has 6 nitrogen and oxygen atoms in total. The van der Waals surface area contributed by atoms with Crippen molar-refractivity contribution in [2.24, 2.45) is 0 Å². The average Bonchev–Trinajstić information content (AvgIpc) is 3.28. The normalized spacial score (nSPS) is 13.8. The number of hydrogen-bond donors (Lipinski definition) is 0. The fourth-order valence-corrected chi connectivity index (χ4v) is 4.13. The number of benzene rings is 2. The molecule has 1 fully saturated rings. The van der Waals surface area contributed by atoms with Gasteiger partial charge in [0, 0.05) is 45.7 Å². The van der Waals surface area contributed by atoms with Crippen LogP contribution in [0.15, 0.2) is 71.3 Å². The van der Waals surface area contributed by atoms with E-state index in [0.717, 1.165) is 5.56 Å². The molecule has 1 saturated heterocycles. The second-order valence-corrected chi connectivity index (χ2v) is 8.17. The molecule has 1 aliphatic rings. The van der Waals surface area contributed by atoms with Crippen LogP contribution in [0.3, 0.4) is 0 Å². The lowest BCUT2D eigenvalue weighted by Gasteiger charge is -2.36. The molecule has 172 valence electrons. The monoisotopic (exact) mass is 449 g/mol. The van der Waals surface area contributed by atoms with E-state index in [1.165, 1.54) is 12.3 Å². The van der Waals surface area contributed by atoms with E-state index in [1.807, 2.05) is 41.3 Å². The van der Waals surface area contributed by atoms with Crippen LogP contribution < -0.4 is 4.90 Å². The standard InChI is InChI=1S/C26H28FN3O3/c1-20-22(12-18-33-20)26(32)30(19-21-7-3-2-4-8-21)13-11-25(31)29-16-14-28(15-17-29)24-10-6-5-9-23(24)27/h2-10,12,18H,11,13-17,19H2,1H3. The Balaban J connectivity index is 1.37. The molecule has 0 aliphatic carbocycles. The highest BCUT2D eigenvalue weighted by Crippen LogP contribution is 2.21. The van der Waals surface area contributed by atoms with Crippen molar-refractivity contribution in [3.8, 4) is 0 Å². The van der Waals surface area contributed by atoms with E-state index in [1.54, 1.807) is 34.9 Å². The molecule has 0 N–H and O–H groups in total. The van der Waals surface area contributed by atoms with Gasteiger partial charge in [0.15, 0.2) is 0 Å². The van der Waals surface area contributed by atoms with Crippen LogP contribution in [0.25, 0.3) is 0 Å². The van der Waals surface area contributed by atoms with Gasteiger partial charge in [-0.3, -0.25) is 9.59 Å². The van der Waals surface area contributed by atoms with Crippen molar-refractivity contribution in [3.05, 3.63) is 89.6 Å². The Bertz CT molecular complexity index is 1090. The molecule has 0 saturated carbocycles. The van der Waals surface area contributed by atoms with Crippen molar-refractivity contribution in [1.82, 2.24) is 9.80 Å². The Kier molecular flexibility index (Phi) is 7.07. The first-order valence-electron chi connectivity index (χ1n) is 11.2. The molecule has 2 aromatic carbocycles. The van der Waals surface area contributed by atoms with Gasteiger partial charge in [0.2, 0.25) is 5.91 Å². The minimum Gasteiger partial charge on any atom is -0.469 e. The number of aryl methyl sites for hydroxylation is 1. The minimum atomic E-state index is -0.248. The topological polar surface area (TPSA) is 57.0 Å². The number of piperazine rings is 1. The summed E-state index contributed by atoms with van der Waals surface area (Å²) in [7, 11) is 0. The van der Waals surface area contributed by atoms with Gasteiger partial charge < -0.3 is 19.1 Å². The fraction of sp³-hybridized carbons (Fsp3) is 0.308. The largest absolute Gasteiger partial charge is 0.469 e. The predicted molar refractivity (Wildman–Crippen MR) is 124 cm³/mol. The van der Waals surface area contributed by atoms with Crippen LogP contribution in [-0.2, 0) is 11.3 Å². The van der Waals surface area contributed by atoms with Crippen LogP contribution in [0.1, 0.15) is 28.1 Å². The van der Waals surface area contributed by atoms with Crippen LogP contribution >= 0.6 is 0 Å². The van der Waals surface area contributed by atoms with Crippen molar-refractivity contribution in [1.29, 1.82) is 0 Å². The third-order valence-corrected chi connectivity index (χ3v) is 6.01. The number of halogens is 1. The second kappa shape index (κ2) is 10.3. The van der Waals surface area contributed by atoms with Crippen molar-refractivity contribution < 1.29 is 18.4 Å². The van der Waals surface area contributed by atoms with E-state index >= 15 is 0 Å². The lowest BCUT2D eigenvalue weighted by molar-refractivity contribution is -0.131. The van der Waals surface area contributed by atoms with Crippen LogP contribution in [0.2, 0.25) is 0 Å². The van der Waals surface area contributed by atoms with E-state index < -0.39 is 0 Å². The summed E-state index contributed by atoms with van der Waals surface area (Å²) < 4.78 is 19.4. The Morgan fingerprint density at radius 1 is 0.970 bits per heavy atom. The number of para-hydroxylation sites is 1. The third kappa shape index (κ3) is 5.42. The fourth-order valence-electron chi connectivity index (χ4n) is 4.13. The quantitative estimate of drug-likeness (QED) is 0.545. The van der Waals surface area contributed by atoms with Crippen LogP contribution in [0.5, 0.6) is 0 Å².